The Morgan fingerprint density at radius 1 is 1.40 bits per heavy atom. The smallest absolute Gasteiger partial charge is 0.433 e. The predicted molar refractivity (Wildman–Crippen MR) is 61.5 cm³/mol. The average Bonchev–Trinajstić information content (AvgIpc) is 2.37. The summed E-state index contributed by atoms with van der Waals surface area (Å²) >= 11 is 0. The van der Waals surface area contributed by atoms with Crippen LogP contribution in [-0.4, -0.2) is 33.9 Å². The highest BCUT2D eigenvalue weighted by Crippen LogP contribution is 2.28. The summed E-state index contributed by atoms with van der Waals surface area (Å²) in [5.74, 6) is -0.709. The highest BCUT2D eigenvalue weighted by molar-refractivity contribution is 5.70. The van der Waals surface area contributed by atoms with E-state index in [1.54, 1.807) is 6.92 Å². The van der Waals surface area contributed by atoms with Crippen LogP contribution in [0, 0.1) is 0 Å². The van der Waals surface area contributed by atoms with Crippen molar-refractivity contribution in [2.45, 2.75) is 31.7 Å². The molecule has 0 amide bonds. The van der Waals surface area contributed by atoms with Crippen LogP contribution < -0.4 is 0 Å². The van der Waals surface area contributed by atoms with E-state index in [1.807, 2.05) is 0 Å². The molecule has 0 aliphatic carbocycles. The number of aliphatic hydroxyl groups excluding tert-OH is 2. The third-order valence-electron chi connectivity index (χ3n) is 2.46. The highest BCUT2D eigenvalue weighted by Gasteiger charge is 2.32. The highest BCUT2D eigenvalue weighted by atomic mass is 19.4. The van der Waals surface area contributed by atoms with Gasteiger partial charge in [-0.15, -0.1) is 0 Å². The number of hydrogen-bond acceptors (Lipinski definition) is 5. The molecule has 0 aromatic carbocycles. The minimum atomic E-state index is -4.58. The number of nitrogens with zero attached hydrogens (tertiary/aromatic N) is 1. The first-order valence-corrected chi connectivity index (χ1v) is 5.80. The number of esters is 1. The van der Waals surface area contributed by atoms with Crippen molar-refractivity contribution in [2.24, 2.45) is 0 Å². The lowest BCUT2D eigenvalue weighted by Crippen LogP contribution is -2.23. The molecule has 0 aliphatic heterocycles. The van der Waals surface area contributed by atoms with Crippen LogP contribution in [0.2, 0.25) is 0 Å². The molecule has 112 valence electrons. The Hall–Kier alpha value is -1.67. The molecule has 0 fully saturated rings. The third kappa shape index (κ3) is 4.46. The summed E-state index contributed by atoms with van der Waals surface area (Å²) in [5.41, 5.74) is -1.12. The Morgan fingerprint density at radius 2 is 2.05 bits per heavy atom. The first-order chi connectivity index (χ1) is 9.25. The van der Waals surface area contributed by atoms with E-state index in [0.717, 1.165) is 12.3 Å². The van der Waals surface area contributed by atoms with Gasteiger partial charge in [-0.2, -0.15) is 13.2 Å². The molecule has 5 nitrogen and oxygen atoms in total. The van der Waals surface area contributed by atoms with E-state index < -0.39 is 36.5 Å². The maximum Gasteiger partial charge on any atom is 0.433 e. The van der Waals surface area contributed by atoms with Crippen molar-refractivity contribution >= 4 is 5.97 Å². The molecule has 1 aromatic rings. The van der Waals surface area contributed by atoms with E-state index in [4.69, 9.17) is 0 Å². The van der Waals surface area contributed by atoms with Crippen molar-refractivity contribution in [2.75, 3.05) is 6.61 Å². The second-order valence-electron chi connectivity index (χ2n) is 4.00. The largest absolute Gasteiger partial charge is 0.466 e. The van der Waals surface area contributed by atoms with Crippen LogP contribution in [0.1, 0.15) is 30.7 Å². The van der Waals surface area contributed by atoms with Crippen LogP contribution in [0.5, 0.6) is 0 Å². The van der Waals surface area contributed by atoms with Crippen molar-refractivity contribution < 1.29 is 32.9 Å². The Kier molecular flexibility index (Phi) is 5.46. The van der Waals surface area contributed by atoms with Crippen LogP contribution in [0.3, 0.4) is 0 Å². The van der Waals surface area contributed by atoms with Gasteiger partial charge >= 0.3 is 12.1 Å². The zero-order chi connectivity index (χ0) is 15.3. The maximum atomic E-state index is 12.3. The molecule has 8 heteroatoms. The number of aromatic nitrogens is 1. The molecule has 0 saturated carbocycles. The average molecular weight is 293 g/mol. The Bertz CT molecular complexity index is 447. The lowest BCUT2D eigenvalue weighted by molar-refractivity contribution is -0.147. The number of pyridine rings is 1. The maximum absolute atomic E-state index is 12.3. The topological polar surface area (TPSA) is 79.7 Å². The second kappa shape index (κ2) is 6.67. The molecule has 0 aliphatic rings. The van der Waals surface area contributed by atoms with Crippen LogP contribution in [0.25, 0.3) is 0 Å². The molecule has 2 unspecified atom stereocenters. The van der Waals surface area contributed by atoms with E-state index in [9.17, 15) is 28.2 Å². The van der Waals surface area contributed by atoms with E-state index in [0.29, 0.717) is 6.07 Å². The lowest BCUT2D eigenvalue weighted by Gasteiger charge is -2.17. The van der Waals surface area contributed by atoms with Gasteiger partial charge < -0.3 is 14.9 Å². The molecule has 0 spiro atoms. The van der Waals surface area contributed by atoms with Gasteiger partial charge in [-0.1, -0.05) is 6.07 Å². The van der Waals surface area contributed by atoms with Gasteiger partial charge in [-0.05, 0) is 13.0 Å². The first-order valence-electron chi connectivity index (χ1n) is 5.80. The fourth-order valence-corrected chi connectivity index (χ4v) is 1.47. The molecule has 20 heavy (non-hydrogen) atoms. The molecule has 1 aromatic heterocycles. The lowest BCUT2D eigenvalue weighted by atomic mass is 10.0. The quantitative estimate of drug-likeness (QED) is 0.803. The number of aliphatic hydroxyl groups is 2. The molecule has 2 N–H and O–H groups in total. The van der Waals surface area contributed by atoms with Crippen LogP contribution >= 0.6 is 0 Å². The summed E-state index contributed by atoms with van der Waals surface area (Å²) in [7, 11) is 0. The normalized spacial score (nSPS) is 14.7. The minimum absolute atomic E-state index is 0.0187. The zero-order valence-electron chi connectivity index (χ0n) is 10.6. The number of hydrogen-bond donors (Lipinski definition) is 2. The molecule has 0 saturated heterocycles. The van der Waals surface area contributed by atoms with Crippen molar-refractivity contribution in [1.29, 1.82) is 0 Å². The standard InChI is InChI=1S/C12H14F3NO4/c1-2-20-10(18)5-8(17)11(19)7-3-4-9(16-6-7)12(13,14)15/h3-4,6,8,11,17,19H,2,5H2,1H3. The van der Waals surface area contributed by atoms with E-state index in [-0.39, 0.29) is 12.2 Å². The second-order valence-corrected chi connectivity index (χ2v) is 4.00. The van der Waals surface area contributed by atoms with Gasteiger partial charge in [0.25, 0.3) is 0 Å². The fraction of sp³-hybridized carbons (Fsp3) is 0.500. The van der Waals surface area contributed by atoms with E-state index >= 15 is 0 Å². The Labute approximate surface area is 113 Å². The van der Waals surface area contributed by atoms with Gasteiger partial charge in [0, 0.05) is 11.8 Å². The molecule has 0 radical (unpaired) electrons. The Balaban J connectivity index is 2.72. The summed E-state index contributed by atoms with van der Waals surface area (Å²) < 4.78 is 41.5. The molecular formula is C12H14F3NO4. The van der Waals surface area contributed by atoms with E-state index in [2.05, 4.69) is 9.72 Å². The third-order valence-corrected chi connectivity index (χ3v) is 2.46. The van der Waals surface area contributed by atoms with Gasteiger partial charge in [0.2, 0.25) is 0 Å². The van der Waals surface area contributed by atoms with Gasteiger partial charge in [-0.25, -0.2) is 0 Å². The monoisotopic (exact) mass is 293 g/mol. The van der Waals surface area contributed by atoms with Gasteiger partial charge in [0.1, 0.15) is 11.8 Å². The minimum Gasteiger partial charge on any atom is -0.466 e. The predicted octanol–water partition coefficient (Wildman–Crippen LogP) is 1.45. The van der Waals surface area contributed by atoms with Gasteiger partial charge in [0.15, 0.2) is 0 Å². The summed E-state index contributed by atoms with van der Waals surface area (Å²) in [6, 6.07) is 1.69. The number of rotatable bonds is 5. The number of halogens is 3. The van der Waals surface area contributed by atoms with Crippen LogP contribution in [-0.2, 0) is 15.7 Å². The molecular weight excluding hydrogens is 279 g/mol. The summed E-state index contributed by atoms with van der Waals surface area (Å²) in [5, 5.41) is 19.3. The SMILES string of the molecule is CCOC(=O)CC(O)C(O)c1ccc(C(F)(F)F)nc1. The van der Waals surface area contributed by atoms with Crippen molar-refractivity contribution in [3.63, 3.8) is 0 Å². The number of carbonyl (C=O) groups is 1. The van der Waals surface area contributed by atoms with Crippen molar-refractivity contribution in [3.8, 4) is 0 Å². The fourth-order valence-electron chi connectivity index (χ4n) is 1.47. The molecule has 0 bridgehead atoms. The van der Waals surface area contributed by atoms with Crippen LogP contribution in [0.4, 0.5) is 13.2 Å². The summed E-state index contributed by atoms with van der Waals surface area (Å²) in [6.45, 7) is 1.71. The number of carbonyl (C=O) groups excluding carboxylic acids is 1. The Morgan fingerprint density at radius 3 is 2.50 bits per heavy atom. The summed E-state index contributed by atoms with van der Waals surface area (Å²) in [6.07, 6.45) is -7.23. The first kappa shape index (κ1) is 16.4. The van der Waals surface area contributed by atoms with Crippen molar-refractivity contribution in [3.05, 3.63) is 29.6 Å². The van der Waals surface area contributed by atoms with Crippen molar-refractivity contribution in [1.82, 2.24) is 4.98 Å². The van der Waals surface area contributed by atoms with Crippen LogP contribution in [0.15, 0.2) is 18.3 Å². The van der Waals surface area contributed by atoms with E-state index in [1.165, 1.54) is 0 Å². The van der Waals surface area contributed by atoms with Gasteiger partial charge in [-0.3, -0.25) is 9.78 Å². The zero-order valence-corrected chi connectivity index (χ0v) is 10.6. The summed E-state index contributed by atoms with van der Waals surface area (Å²) in [4.78, 5) is 14.3. The molecule has 1 heterocycles. The molecule has 2 atom stereocenters. The molecule has 1 rings (SSSR count). The number of alkyl halides is 3. The van der Waals surface area contributed by atoms with Gasteiger partial charge in [0.05, 0.1) is 19.1 Å². The number of ether oxygens (including phenoxy) is 1.